The van der Waals surface area contributed by atoms with Crippen molar-refractivity contribution in [2.45, 2.75) is 9.79 Å². The first-order valence-corrected chi connectivity index (χ1v) is 5.40. The van der Waals surface area contributed by atoms with Gasteiger partial charge in [0.2, 0.25) is 0 Å². The van der Waals surface area contributed by atoms with Gasteiger partial charge in [-0.05, 0) is 18.2 Å². The van der Waals surface area contributed by atoms with Gasteiger partial charge in [0.25, 0.3) is 0 Å². The normalized spacial score (nSPS) is 10.0. The van der Waals surface area contributed by atoms with E-state index in [9.17, 15) is 10.1 Å². The maximum Gasteiger partial charge on any atom is 0.301 e. The van der Waals surface area contributed by atoms with Gasteiger partial charge in [-0.1, -0.05) is 30.0 Å². The molecule has 0 saturated heterocycles. The molecule has 1 heterocycles. The first kappa shape index (κ1) is 10.6. The molecule has 0 saturated carbocycles. The first-order valence-electron chi connectivity index (χ1n) is 4.58. The quantitative estimate of drug-likeness (QED) is 0.602. The first-order chi connectivity index (χ1) is 7.77. The van der Waals surface area contributed by atoms with E-state index in [-0.39, 0.29) is 5.69 Å². The predicted molar refractivity (Wildman–Crippen MR) is 61.5 cm³/mol. The lowest BCUT2D eigenvalue weighted by Crippen LogP contribution is -1.91. The molecule has 0 spiro atoms. The van der Waals surface area contributed by atoms with Crippen LogP contribution in [0.4, 0.5) is 5.69 Å². The van der Waals surface area contributed by atoms with Crippen molar-refractivity contribution in [3.8, 4) is 0 Å². The Morgan fingerprint density at radius 1 is 1.19 bits per heavy atom. The molecule has 2 rings (SSSR count). The fourth-order valence-electron chi connectivity index (χ4n) is 1.21. The van der Waals surface area contributed by atoms with Crippen LogP contribution in [0.2, 0.25) is 0 Å². The zero-order valence-electron chi connectivity index (χ0n) is 8.24. The van der Waals surface area contributed by atoms with Crippen LogP contribution in [0.3, 0.4) is 0 Å². The maximum atomic E-state index is 10.8. The molecule has 0 fully saturated rings. The minimum atomic E-state index is -0.418. The predicted octanol–water partition coefficient (Wildman–Crippen LogP) is 3.14. The third kappa shape index (κ3) is 2.38. The van der Waals surface area contributed by atoms with Gasteiger partial charge >= 0.3 is 5.69 Å². The van der Waals surface area contributed by atoms with E-state index < -0.39 is 4.92 Å². The number of hydrogen-bond donors (Lipinski definition) is 0. The molecule has 0 aliphatic rings. The van der Waals surface area contributed by atoms with Crippen LogP contribution in [0.15, 0.2) is 58.6 Å². The SMILES string of the molecule is O=[N+]([O-])c1cnccc1Sc1ccccc1. The highest BCUT2D eigenvalue weighted by Crippen LogP contribution is 2.33. The summed E-state index contributed by atoms with van der Waals surface area (Å²) >= 11 is 1.36. The minimum Gasteiger partial charge on any atom is -0.258 e. The molecule has 0 aliphatic heterocycles. The standard InChI is InChI=1S/C11H8N2O2S/c14-13(15)10-8-12-7-6-11(10)16-9-4-2-1-3-5-9/h1-8H. The van der Waals surface area contributed by atoms with Crippen molar-refractivity contribution in [1.82, 2.24) is 4.98 Å². The van der Waals surface area contributed by atoms with E-state index in [4.69, 9.17) is 0 Å². The van der Waals surface area contributed by atoms with Crippen molar-refractivity contribution in [3.63, 3.8) is 0 Å². The van der Waals surface area contributed by atoms with Gasteiger partial charge in [0.1, 0.15) is 6.20 Å². The largest absolute Gasteiger partial charge is 0.301 e. The van der Waals surface area contributed by atoms with Gasteiger partial charge in [-0.3, -0.25) is 15.1 Å². The highest BCUT2D eigenvalue weighted by molar-refractivity contribution is 7.99. The van der Waals surface area contributed by atoms with Crippen LogP contribution >= 0.6 is 11.8 Å². The van der Waals surface area contributed by atoms with Gasteiger partial charge in [0.05, 0.1) is 9.82 Å². The molecule has 1 aromatic carbocycles. The molecular formula is C11H8N2O2S. The summed E-state index contributed by atoms with van der Waals surface area (Å²) in [5.74, 6) is 0. The average Bonchev–Trinajstić information content (AvgIpc) is 2.31. The fraction of sp³-hybridized carbons (Fsp3) is 0. The third-order valence-corrected chi connectivity index (χ3v) is 3.00. The Morgan fingerprint density at radius 2 is 1.94 bits per heavy atom. The van der Waals surface area contributed by atoms with Crippen LogP contribution in [0.25, 0.3) is 0 Å². The van der Waals surface area contributed by atoms with E-state index >= 15 is 0 Å². The Hall–Kier alpha value is -1.88. The summed E-state index contributed by atoms with van der Waals surface area (Å²) < 4.78 is 0. The maximum absolute atomic E-state index is 10.8. The number of rotatable bonds is 3. The molecule has 0 radical (unpaired) electrons. The molecule has 1 aromatic heterocycles. The summed E-state index contributed by atoms with van der Waals surface area (Å²) in [6.45, 7) is 0. The lowest BCUT2D eigenvalue weighted by atomic mass is 10.4. The molecule has 2 aromatic rings. The van der Waals surface area contributed by atoms with Gasteiger partial charge in [-0.25, -0.2) is 0 Å². The van der Waals surface area contributed by atoms with Crippen molar-refractivity contribution >= 4 is 17.4 Å². The van der Waals surface area contributed by atoms with Gasteiger partial charge in [0.15, 0.2) is 0 Å². The van der Waals surface area contributed by atoms with Gasteiger partial charge in [-0.2, -0.15) is 0 Å². The van der Waals surface area contributed by atoms with Crippen LogP contribution in [0.5, 0.6) is 0 Å². The van der Waals surface area contributed by atoms with Crippen LogP contribution in [-0.2, 0) is 0 Å². The molecule has 80 valence electrons. The summed E-state index contributed by atoms with van der Waals surface area (Å²) in [7, 11) is 0. The molecule has 16 heavy (non-hydrogen) atoms. The smallest absolute Gasteiger partial charge is 0.258 e. The fourth-order valence-corrected chi connectivity index (χ4v) is 2.12. The number of benzene rings is 1. The topological polar surface area (TPSA) is 56.0 Å². The highest BCUT2D eigenvalue weighted by atomic mass is 32.2. The Labute approximate surface area is 96.5 Å². The third-order valence-electron chi connectivity index (χ3n) is 1.93. The number of nitrogens with zero attached hydrogens (tertiary/aromatic N) is 2. The summed E-state index contributed by atoms with van der Waals surface area (Å²) in [5, 5.41) is 10.8. The Kier molecular flexibility index (Phi) is 3.16. The lowest BCUT2D eigenvalue weighted by Gasteiger charge is -2.01. The average molecular weight is 232 g/mol. The Balaban J connectivity index is 2.31. The van der Waals surface area contributed by atoms with Gasteiger partial charge in [-0.15, -0.1) is 0 Å². The lowest BCUT2D eigenvalue weighted by molar-refractivity contribution is -0.388. The van der Waals surface area contributed by atoms with Crippen molar-refractivity contribution in [1.29, 1.82) is 0 Å². The van der Waals surface area contributed by atoms with Crippen LogP contribution in [0.1, 0.15) is 0 Å². The van der Waals surface area contributed by atoms with Gasteiger partial charge < -0.3 is 0 Å². The Bertz CT molecular complexity index is 502. The molecule has 0 bridgehead atoms. The molecule has 0 aliphatic carbocycles. The minimum absolute atomic E-state index is 0.0383. The summed E-state index contributed by atoms with van der Waals surface area (Å²) in [4.78, 5) is 15.7. The van der Waals surface area contributed by atoms with E-state index in [0.29, 0.717) is 4.90 Å². The van der Waals surface area contributed by atoms with E-state index in [0.717, 1.165) is 4.90 Å². The van der Waals surface area contributed by atoms with E-state index in [1.807, 2.05) is 30.3 Å². The zero-order chi connectivity index (χ0) is 11.4. The monoisotopic (exact) mass is 232 g/mol. The second-order valence-corrected chi connectivity index (χ2v) is 4.13. The molecule has 0 unspecified atom stereocenters. The Morgan fingerprint density at radius 3 is 2.62 bits per heavy atom. The molecule has 5 heteroatoms. The zero-order valence-corrected chi connectivity index (χ0v) is 9.05. The van der Waals surface area contributed by atoms with E-state index in [2.05, 4.69) is 4.98 Å². The summed E-state index contributed by atoms with van der Waals surface area (Å²) in [6.07, 6.45) is 2.82. The second kappa shape index (κ2) is 4.76. The molecule has 4 nitrogen and oxygen atoms in total. The van der Waals surface area contributed by atoms with Crippen LogP contribution in [0, 0.1) is 10.1 Å². The van der Waals surface area contributed by atoms with E-state index in [1.165, 1.54) is 18.0 Å². The number of hydrogen-bond acceptors (Lipinski definition) is 4. The summed E-state index contributed by atoms with van der Waals surface area (Å²) in [5.41, 5.74) is 0.0383. The van der Waals surface area contributed by atoms with E-state index in [1.54, 1.807) is 12.3 Å². The number of nitro groups is 1. The molecule has 0 amide bonds. The van der Waals surface area contributed by atoms with Crippen molar-refractivity contribution in [3.05, 3.63) is 58.9 Å². The second-order valence-electron chi connectivity index (χ2n) is 3.02. The van der Waals surface area contributed by atoms with Crippen molar-refractivity contribution in [2.24, 2.45) is 0 Å². The van der Waals surface area contributed by atoms with Crippen LogP contribution < -0.4 is 0 Å². The molecular weight excluding hydrogens is 224 g/mol. The number of pyridine rings is 1. The highest BCUT2D eigenvalue weighted by Gasteiger charge is 2.13. The van der Waals surface area contributed by atoms with Crippen molar-refractivity contribution in [2.75, 3.05) is 0 Å². The van der Waals surface area contributed by atoms with Crippen molar-refractivity contribution < 1.29 is 4.92 Å². The number of aromatic nitrogens is 1. The molecule has 0 atom stereocenters. The van der Waals surface area contributed by atoms with Gasteiger partial charge in [0, 0.05) is 11.1 Å². The van der Waals surface area contributed by atoms with Crippen LogP contribution in [-0.4, -0.2) is 9.91 Å². The summed E-state index contributed by atoms with van der Waals surface area (Å²) in [6, 6.07) is 11.2. The molecule has 0 N–H and O–H groups in total.